The summed E-state index contributed by atoms with van der Waals surface area (Å²) in [5.41, 5.74) is -0.379. The molecule has 1 aliphatic rings. The summed E-state index contributed by atoms with van der Waals surface area (Å²) in [6.07, 6.45) is 0. The van der Waals surface area contributed by atoms with Crippen molar-refractivity contribution in [1.29, 1.82) is 0 Å². The maximum absolute atomic E-state index is 12.3. The molecule has 1 N–H and O–H groups in total. The fraction of sp³-hybridized carbons (Fsp3) is 0.533. The lowest BCUT2D eigenvalue weighted by atomic mass is 10.1. The normalized spacial score (nSPS) is 14.9. The highest BCUT2D eigenvalue weighted by Gasteiger charge is 2.24. The molecule has 0 aliphatic carbocycles. The summed E-state index contributed by atoms with van der Waals surface area (Å²) in [5, 5.41) is 13.9. The Balaban J connectivity index is 2.07. The molecule has 1 saturated heterocycles. The number of nitro benzene ring substituents is 1. The molecule has 1 amide bonds. The van der Waals surface area contributed by atoms with Crippen molar-refractivity contribution in [2.45, 2.75) is 0 Å². The minimum absolute atomic E-state index is 0.0559. The summed E-state index contributed by atoms with van der Waals surface area (Å²) >= 11 is 0. The minimum atomic E-state index is -0.612. The van der Waals surface area contributed by atoms with Crippen LogP contribution in [-0.2, 0) is 4.74 Å². The zero-order valence-corrected chi connectivity index (χ0v) is 13.7. The number of nitrogens with zero attached hydrogens (tertiary/aromatic N) is 2. The first-order valence-electron chi connectivity index (χ1n) is 7.55. The van der Waals surface area contributed by atoms with Gasteiger partial charge < -0.3 is 19.5 Å². The third kappa shape index (κ3) is 4.33. The first-order valence-corrected chi connectivity index (χ1v) is 7.55. The highest BCUT2D eigenvalue weighted by molar-refractivity contribution is 5.99. The molecule has 132 valence electrons. The molecule has 0 radical (unpaired) electrons. The fourth-order valence-corrected chi connectivity index (χ4v) is 2.45. The Bertz CT molecular complexity index is 601. The number of amides is 1. The number of nitrogens with one attached hydrogen (secondary N) is 1. The SMILES string of the molecule is COc1cc(C(=O)NCCN2CCOCC2)c([N+](=O)[O-])cc1OC. The summed E-state index contributed by atoms with van der Waals surface area (Å²) in [6.45, 7) is 4.03. The number of methoxy groups -OCH3 is 2. The van der Waals surface area contributed by atoms with Crippen LogP contribution in [0.1, 0.15) is 10.4 Å². The first-order chi connectivity index (χ1) is 11.6. The molecule has 1 fully saturated rings. The Labute approximate surface area is 139 Å². The predicted molar refractivity (Wildman–Crippen MR) is 85.8 cm³/mol. The van der Waals surface area contributed by atoms with Crippen LogP contribution in [0.4, 0.5) is 5.69 Å². The average molecular weight is 339 g/mol. The van der Waals surface area contributed by atoms with Gasteiger partial charge in [-0.25, -0.2) is 0 Å². The molecule has 0 saturated carbocycles. The Kier molecular flexibility index (Phi) is 6.33. The summed E-state index contributed by atoms with van der Waals surface area (Å²) in [6, 6.07) is 2.51. The number of benzene rings is 1. The van der Waals surface area contributed by atoms with Crippen molar-refractivity contribution in [2.75, 3.05) is 53.6 Å². The standard InChI is InChI=1S/C15H21N3O6/c1-22-13-9-11(12(18(20)21)10-14(13)23-2)15(19)16-3-4-17-5-7-24-8-6-17/h9-10H,3-8H2,1-2H3,(H,16,19). The van der Waals surface area contributed by atoms with Gasteiger partial charge in [-0.1, -0.05) is 0 Å². The number of hydrogen-bond acceptors (Lipinski definition) is 7. The molecule has 24 heavy (non-hydrogen) atoms. The largest absolute Gasteiger partial charge is 0.493 e. The quantitative estimate of drug-likeness (QED) is 0.575. The Morgan fingerprint density at radius 2 is 1.92 bits per heavy atom. The molecule has 2 rings (SSSR count). The molecule has 0 unspecified atom stereocenters. The van der Waals surface area contributed by atoms with Gasteiger partial charge in [0.15, 0.2) is 11.5 Å². The summed E-state index contributed by atoms with van der Waals surface area (Å²) in [5.74, 6) is -0.0496. The highest BCUT2D eigenvalue weighted by Crippen LogP contribution is 2.34. The van der Waals surface area contributed by atoms with E-state index in [0.717, 1.165) is 13.1 Å². The van der Waals surface area contributed by atoms with Gasteiger partial charge in [0.25, 0.3) is 11.6 Å². The number of morpholine rings is 1. The summed E-state index contributed by atoms with van der Waals surface area (Å²) in [7, 11) is 2.79. The van der Waals surface area contributed by atoms with E-state index < -0.39 is 10.8 Å². The maximum atomic E-state index is 12.3. The van der Waals surface area contributed by atoms with Crippen LogP contribution in [0.2, 0.25) is 0 Å². The van der Waals surface area contributed by atoms with Crippen molar-refractivity contribution < 1.29 is 23.9 Å². The molecule has 0 atom stereocenters. The third-order valence-corrected chi connectivity index (χ3v) is 3.76. The zero-order valence-electron chi connectivity index (χ0n) is 13.7. The number of ether oxygens (including phenoxy) is 3. The summed E-state index contributed by atoms with van der Waals surface area (Å²) in [4.78, 5) is 25.1. The molecule has 9 nitrogen and oxygen atoms in total. The molecule has 0 spiro atoms. The average Bonchev–Trinajstić information content (AvgIpc) is 2.61. The Morgan fingerprint density at radius 3 is 2.50 bits per heavy atom. The van der Waals surface area contributed by atoms with Gasteiger partial charge in [-0.15, -0.1) is 0 Å². The molecule has 1 aliphatic heterocycles. The van der Waals surface area contributed by atoms with E-state index in [1.165, 1.54) is 26.4 Å². The predicted octanol–water partition coefficient (Wildman–Crippen LogP) is 0.674. The Morgan fingerprint density at radius 1 is 1.29 bits per heavy atom. The topological polar surface area (TPSA) is 103 Å². The van der Waals surface area contributed by atoms with Crippen LogP contribution >= 0.6 is 0 Å². The third-order valence-electron chi connectivity index (χ3n) is 3.76. The van der Waals surface area contributed by atoms with E-state index in [9.17, 15) is 14.9 Å². The van der Waals surface area contributed by atoms with Crippen LogP contribution in [0.15, 0.2) is 12.1 Å². The van der Waals surface area contributed by atoms with E-state index >= 15 is 0 Å². The van der Waals surface area contributed by atoms with E-state index in [1.54, 1.807) is 0 Å². The van der Waals surface area contributed by atoms with E-state index in [-0.39, 0.29) is 22.7 Å². The van der Waals surface area contributed by atoms with E-state index in [4.69, 9.17) is 14.2 Å². The molecule has 0 aromatic heterocycles. The lowest BCUT2D eigenvalue weighted by Gasteiger charge is -2.26. The van der Waals surface area contributed by atoms with Gasteiger partial charge >= 0.3 is 0 Å². The van der Waals surface area contributed by atoms with Gasteiger partial charge in [0, 0.05) is 32.2 Å². The lowest BCUT2D eigenvalue weighted by molar-refractivity contribution is -0.385. The van der Waals surface area contributed by atoms with Crippen LogP contribution < -0.4 is 14.8 Å². The minimum Gasteiger partial charge on any atom is -0.493 e. The van der Waals surface area contributed by atoms with Gasteiger partial charge in [0.05, 0.1) is 38.4 Å². The highest BCUT2D eigenvalue weighted by atomic mass is 16.6. The Hall–Kier alpha value is -2.39. The van der Waals surface area contributed by atoms with Crippen LogP contribution in [0, 0.1) is 10.1 Å². The van der Waals surface area contributed by atoms with Crippen LogP contribution in [-0.4, -0.2) is 69.3 Å². The molecular formula is C15H21N3O6. The van der Waals surface area contributed by atoms with E-state index in [2.05, 4.69) is 10.2 Å². The van der Waals surface area contributed by atoms with E-state index in [0.29, 0.717) is 26.3 Å². The molecule has 1 aromatic rings. The maximum Gasteiger partial charge on any atom is 0.286 e. The van der Waals surface area contributed by atoms with Gasteiger partial charge in [0.1, 0.15) is 5.56 Å². The molecule has 1 aromatic carbocycles. The fourth-order valence-electron chi connectivity index (χ4n) is 2.45. The van der Waals surface area contributed by atoms with Crippen LogP contribution in [0.25, 0.3) is 0 Å². The second kappa shape index (κ2) is 8.46. The number of carbonyl (C=O) groups excluding carboxylic acids is 1. The van der Waals surface area contributed by atoms with Crippen molar-refractivity contribution in [3.05, 3.63) is 27.8 Å². The molecule has 9 heteroatoms. The van der Waals surface area contributed by atoms with Gasteiger partial charge in [0.2, 0.25) is 0 Å². The lowest BCUT2D eigenvalue weighted by Crippen LogP contribution is -2.41. The zero-order chi connectivity index (χ0) is 17.5. The van der Waals surface area contributed by atoms with Crippen LogP contribution in [0.3, 0.4) is 0 Å². The number of hydrogen-bond donors (Lipinski definition) is 1. The van der Waals surface area contributed by atoms with Crippen molar-refractivity contribution >= 4 is 11.6 Å². The molecular weight excluding hydrogens is 318 g/mol. The van der Waals surface area contributed by atoms with Crippen molar-refractivity contribution in [2.24, 2.45) is 0 Å². The van der Waals surface area contributed by atoms with Gasteiger partial charge in [-0.05, 0) is 0 Å². The summed E-state index contributed by atoms with van der Waals surface area (Å²) < 4.78 is 15.4. The van der Waals surface area contributed by atoms with E-state index in [1.807, 2.05) is 0 Å². The molecule has 1 heterocycles. The second-order valence-corrected chi connectivity index (χ2v) is 5.19. The smallest absolute Gasteiger partial charge is 0.286 e. The first kappa shape index (κ1) is 18.0. The van der Waals surface area contributed by atoms with Crippen molar-refractivity contribution in [3.63, 3.8) is 0 Å². The number of carbonyl (C=O) groups is 1. The number of nitro groups is 1. The van der Waals surface area contributed by atoms with Gasteiger partial charge in [-0.2, -0.15) is 0 Å². The monoisotopic (exact) mass is 339 g/mol. The molecule has 0 bridgehead atoms. The van der Waals surface area contributed by atoms with Crippen molar-refractivity contribution in [3.8, 4) is 11.5 Å². The van der Waals surface area contributed by atoms with Crippen LogP contribution in [0.5, 0.6) is 11.5 Å². The van der Waals surface area contributed by atoms with Gasteiger partial charge in [-0.3, -0.25) is 19.8 Å². The number of rotatable bonds is 7. The van der Waals surface area contributed by atoms with Crippen molar-refractivity contribution in [1.82, 2.24) is 10.2 Å². The second-order valence-electron chi connectivity index (χ2n) is 5.19.